The van der Waals surface area contributed by atoms with Crippen LogP contribution in [0, 0.1) is 0 Å². The highest BCUT2D eigenvalue weighted by atomic mass is 19.3. The first-order chi connectivity index (χ1) is 8.12. The summed E-state index contributed by atoms with van der Waals surface area (Å²) in [6.07, 6.45) is -1.43. The minimum Gasteiger partial charge on any atom is -0.456 e. The molecular formula is C11H20F2N2O3. The average molecular weight is 266 g/mol. The Morgan fingerprint density at radius 1 is 1.61 bits per heavy atom. The van der Waals surface area contributed by atoms with Crippen LogP contribution in [0.15, 0.2) is 0 Å². The Kier molecular flexibility index (Phi) is 4.63. The molecular weight excluding hydrogens is 246 g/mol. The SMILES string of the molecule is CN(C)CC(C)(O)CNCC1CC(F)(F)C(=O)O1. The van der Waals surface area contributed by atoms with Crippen molar-refractivity contribution in [3.05, 3.63) is 0 Å². The second kappa shape index (κ2) is 5.46. The first-order valence-corrected chi connectivity index (χ1v) is 5.79. The lowest BCUT2D eigenvalue weighted by Gasteiger charge is -2.27. The molecule has 0 aromatic heterocycles. The molecule has 0 aromatic carbocycles. The van der Waals surface area contributed by atoms with Gasteiger partial charge in [0.1, 0.15) is 6.10 Å². The Balaban J connectivity index is 2.29. The van der Waals surface area contributed by atoms with Crippen molar-refractivity contribution in [2.24, 2.45) is 0 Å². The molecule has 0 spiro atoms. The van der Waals surface area contributed by atoms with Crippen molar-refractivity contribution in [1.29, 1.82) is 0 Å². The van der Waals surface area contributed by atoms with E-state index in [-0.39, 0.29) is 13.1 Å². The van der Waals surface area contributed by atoms with Crippen LogP contribution >= 0.6 is 0 Å². The van der Waals surface area contributed by atoms with E-state index in [0.717, 1.165) is 0 Å². The molecule has 0 aromatic rings. The van der Waals surface area contributed by atoms with E-state index in [0.29, 0.717) is 6.54 Å². The molecule has 1 fully saturated rings. The van der Waals surface area contributed by atoms with Gasteiger partial charge in [-0.05, 0) is 21.0 Å². The van der Waals surface area contributed by atoms with Gasteiger partial charge in [0, 0.05) is 19.6 Å². The topological polar surface area (TPSA) is 61.8 Å². The van der Waals surface area contributed by atoms with E-state index in [4.69, 9.17) is 0 Å². The summed E-state index contributed by atoms with van der Waals surface area (Å²) in [7, 11) is 3.65. The lowest BCUT2D eigenvalue weighted by Crippen LogP contribution is -2.47. The zero-order valence-corrected chi connectivity index (χ0v) is 10.9. The summed E-state index contributed by atoms with van der Waals surface area (Å²) in [5, 5.41) is 12.8. The normalized spacial score (nSPS) is 26.2. The van der Waals surface area contributed by atoms with Gasteiger partial charge in [0.15, 0.2) is 0 Å². The fourth-order valence-corrected chi connectivity index (χ4v) is 2.00. The Morgan fingerprint density at radius 2 is 2.22 bits per heavy atom. The molecule has 1 saturated heterocycles. The third-order valence-corrected chi connectivity index (χ3v) is 2.59. The molecule has 0 aliphatic carbocycles. The molecule has 0 bridgehead atoms. The van der Waals surface area contributed by atoms with Gasteiger partial charge in [-0.2, -0.15) is 8.78 Å². The lowest BCUT2D eigenvalue weighted by atomic mass is 10.1. The van der Waals surface area contributed by atoms with Crippen LogP contribution in [0.25, 0.3) is 0 Å². The summed E-state index contributed by atoms with van der Waals surface area (Å²) < 4.78 is 30.3. The number of hydrogen-bond donors (Lipinski definition) is 2. The summed E-state index contributed by atoms with van der Waals surface area (Å²) in [5.41, 5.74) is -0.964. The maximum Gasteiger partial charge on any atom is 0.377 e. The molecule has 1 rings (SSSR count). The number of cyclic esters (lactones) is 1. The maximum atomic E-state index is 12.9. The van der Waals surface area contributed by atoms with Gasteiger partial charge in [0.05, 0.1) is 12.0 Å². The van der Waals surface area contributed by atoms with Crippen LogP contribution in [0.4, 0.5) is 8.78 Å². The highest BCUT2D eigenvalue weighted by molar-refractivity contribution is 5.79. The number of carbonyl (C=O) groups excluding carboxylic acids is 1. The van der Waals surface area contributed by atoms with Crippen LogP contribution in [-0.2, 0) is 9.53 Å². The van der Waals surface area contributed by atoms with Crippen LogP contribution < -0.4 is 5.32 Å². The second-order valence-electron chi connectivity index (χ2n) is 5.30. The molecule has 0 amide bonds. The summed E-state index contributed by atoms with van der Waals surface area (Å²) in [5.74, 6) is -4.84. The monoisotopic (exact) mass is 266 g/mol. The van der Waals surface area contributed by atoms with E-state index in [1.54, 1.807) is 6.92 Å². The Morgan fingerprint density at radius 3 is 2.67 bits per heavy atom. The number of esters is 1. The second-order valence-corrected chi connectivity index (χ2v) is 5.30. The van der Waals surface area contributed by atoms with Gasteiger partial charge in [-0.3, -0.25) is 0 Å². The summed E-state index contributed by atoms with van der Waals surface area (Å²) >= 11 is 0. The quantitative estimate of drug-likeness (QED) is 0.654. The molecule has 7 heteroatoms. The van der Waals surface area contributed by atoms with Crippen LogP contribution in [0.3, 0.4) is 0 Å². The first-order valence-electron chi connectivity index (χ1n) is 5.79. The predicted octanol–water partition coefficient (Wildman–Crippen LogP) is -0.161. The van der Waals surface area contributed by atoms with Crippen molar-refractivity contribution < 1.29 is 23.4 Å². The van der Waals surface area contributed by atoms with Crippen molar-refractivity contribution >= 4 is 5.97 Å². The molecule has 2 unspecified atom stereocenters. The Hall–Kier alpha value is -0.790. The van der Waals surface area contributed by atoms with E-state index in [1.165, 1.54) is 0 Å². The van der Waals surface area contributed by atoms with Crippen molar-refractivity contribution in [1.82, 2.24) is 10.2 Å². The number of halogens is 2. The molecule has 0 saturated carbocycles. The molecule has 1 aliphatic heterocycles. The highest BCUT2D eigenvalue weighted by Crippen LogP contribution is 2.30. The van der Waals surface area contributed by atoms with Gasteiger partial charge in [-0.1, -0.05) is 0 Å². The van der Waals surface area contributed by atoms with E-state index in [2.05, 4.69) is 10.1 Å². The van der Waals surface area contributed by atoms with Crippen LogP contribution in [0.5, 0.6) is 0 Å². The lowest BCUT2D eigenvalue weighted by molar-refractivity contribution is -0.159. The largest absolute Gasteiger partial charge is 0.456 e. The van der Waals surface area contributed by atoms with E-state index >= 15 is 0 Å². The summed E-state index contributed by atoms with van der Waals surface area (Å²) in [4.78, 5) is 12.6. The molecule has 1 aliphatic rings. The van der Waals surface area contributed by atoms with Gasteiger partial charge in [-0.15, -0.1) is 0 Å². The number of nitrogens with zero attached hydrogens (tertiary/aromatic N) is 1. The zero-order valence-electron chi connectivity index (χ0n) is 10.9. The molecule has 2 atom stereocenters. The molecule has 0 radical (unpaired) electrons. The molecule has 1 heterocycles. The van der Waals surface area contributed by atoms with E-state index in [9.17, 15) is 18.7 Å². The van der Waals surface area contributed by atoms with Gasteiger partial charge in [-0.25, -0.2) is 4.79 Å². The third-order valence-electron chi connectivity index (χ3n) is 2.59. The number of hydrogen-bond acceptors (Lipinski definition) is 5. The smallest absolute Gasteiger partial charge is 0.377 e. The zero-order chi connectivity index (χ0) is 14.0. The fourth-order valence-electron chi connectivity index (χ4n) is 2.00. The Labute approximate surface area is 105 Å². The van der Waals surface area contributed by atoms with Crippen LogP contribution in [0.2, 0.25) is 0 Å². The van der Waals surface area contributed by atoms with Crippen molar-refractivity contribution in [2.45, 2.75) is 31.0 Å². The summed E-state index contributed by atoms with van der Waals surface area (Å²) in [6, 6.07) is 0. The van der Waals surface area contributed by atoms with Crippen molar-refractivity contribution in [2.75, 3.05) is 33.7 Å². The average Bonchev–Trinajstić information content (AvgIpc) is 2.37. The number of alkyl halides is 2. The molecule has 2 N–H and O–H groups in total. The first kappa shape index (κ1) is 15.3. The highest BCUT2D eigenvalue weighted by Gasteiger charge is 2.50. The number of ether oxygens (including phenoxy) is 1. The molecule has 5 nitrogen and oxygen atoms in total. The number of aliphatic hydroxyl groups is 1. The van der Waals surface area contributed by atoms with E-state index in [1.807, 2.05) is 19.0 Å². The van der Waals surface area contributed by atoms with Gasteiger partial charge in [0.2, 0.25) is 0 Å². The Bertz CT molecular complexity index is 309. The number of likely N-dealkylation sites (N-methyl/N-ethyl adjacent to an activating group) is 1. The minimum atomic E-state index is -3.38. The van der Waals surface area contributed by atoms with Gasteiger partial charge in [0.25, 0.3) is 0 Å². The minimum absolute atomic E-state index is 0.116. The summed E-state index contributed by atoms with van der Waals surface area (Å²) in [6.45, 7) is 2.45. The molecule has 106 valence electrons. The van der Waals surface area contributed by atoms with Crippen molar-refractivity contribution in [3.8, 4) is 0 Å². The maximum absolute atomic E-state index is 12.9. The van der Waals surface area contributed by atoms with Crippen molar-refractivity contribution in [3.63, 3.8) is 0 Å². The van der Waals surface area contributed by atoms with E-state index < -0.39 is 30.0 Å². The fraction of sp³-hybridized carbons (Fsp3) is 0.909. The number of carbonyl (C=O) groups is 1. The van der Waals surface area contributed by atoms with Crippen LogP contribution in [0.1, 0.15) is 13.3 Å². The molecule has 18 heavy (non-hydrogen) atoms. The third kappa shape index (κ3) is 4.47. The van der Waals surface area contributed by atoms with Gasteiger partial charge < -0.3 is 20.1 Å². The number of rotatable bonds is 6. The number of nitrogens with one attached hydrogen (secondary N) is 1. The standard InChI is InChI=1S/C11H20F2N2O3/c1-10(17,7-15(2)3)6-14-5-8-4-11(12,13)9(16)18-8/h8,14,17H,4-7H2,1-3H3. The predicted molar refractivity (Wildman–Crippen MR) is 61.5 cm³/mol. The van der Waals surface area contributed by atoms with Crippen LogP contribution in [-0.4, -0.2) is 67.3 Å². The van der Waals surface area contributed by atoms with Gasteiger partial charge >= 0.3 is 11.9 Å².